The fourth-order valence-electron chi connectivity index (χ4n) is 2.54. The van der Waals surface area contributed by atoms with Gasteiger partial charge in [-0.2, -0.15) is 0 Å². The third-order valence-corrected chi connectivity index (χ3v) is 3.52. The SMILES string of the molecule is COC(=O)C1CN(Cc2ccccc2)CC1C(F)F. The molecule has 19 heavy (non-hydrogen) atoms. The number of ether oxygens (including phenoxy) is 1. The molecule has 5 heteroatoms. The minimum atomic E-state index is -2.50. The fourth-order valence-corrected chi connectivity index (χ4v) is 2.54. The maximum Gasteiger partial charge on any atom is 0.310 e. The van der Waals surface area contributed by atoms with Crippen molar-refractivity contribution in [2.24, 2.45) is 11.8 Å². The number of likely N-dealkylation sites (tertiary alicyclic amines) is 1. The molecule has 0 N–H and O–H groups in total. The molecule has 0 aromatic heterocycles. The summed E-state index contributed by atoms with van der Waals surface area (Å²) >= 11 is 0. The van der Waals surface area contributed by atoms with Crippen molar-refractivity contribution >= 4 is 5.97 Å². The van der Waals surface area contributed by atoms with Gasteiger partial charge in [0, 0.05) is 25.6 Å². The molecule has 0 amide bonds. The number of hydrogen-bond donors (Lipinski definition) is 0. The van der Waals surface area contributed by atoms with E-state index in [-0.39, 0.29) is 6.54 Å². The van der Waals surface area contributed by atoms with E-state index in [4.69, 9.17) is 0 Å². The summed E-state index contributed by atoms with van der Waals surface area (Å²) in [6, 6.07) is 9.62. The van der Waals surface area contributed by atoms with Gasteiger partial charge in [-0.15, -0.1) is 0 Å². The van der Waals surface area contributed by atoms with E-state index in [9.17, 15) is 13.6 Å². The number of halogens is 2. The van der Waals surface area contributed by atoms with Crippen molar-refractivity contribution in [1.29, 1.82) is 0 Å². The van der Waals surface area contributed by atoms with E-state index in [0.717, 1.165) is 5.56 Å². The number of carbonyl (C=O) groups excluding carboxylic acids is 1. The summed E-state index contributed by atoms with van der Waals surface area (Å²) in [5, 5.41) is 0. The van der Waals surface area contributed by atoms with Gasteiger partial charge in [0.1, 0.15) is 0 Å². The minimum Gasteiger partial charge on any atom is -0.469 e. The van der Waals surface area contributed by atoms with Crippen LogP contribution in [0.1, 0.15) is 5.56 Å². The third-order valence-electron chi connectivity index (χ3n) is 3.52. The topological polar surface area (TPSA) is 29.5 Å². The summed E-state index contributed by atoms with van der Waals surface area (Å²) in [6.07, 6.45) is -2.50. The van der Waals surface area contributed by atoms with E-state index in [2.05, 4.69) is 4.74 Å². The molecule has 2 atom stereocenters. The molecule has 2 rings (SSSR count). The molecule has 3 nitrogen and oxygen atoms in total. The van der Waals surface area contributed by atoms with Gasteiger partial charge in [0.15, 0.2) is 0 Å². The van der Waals surface area contributed by atoms with Crippen molar-refractivity contribution in [3.8, 4) is 0 Å². The highest BCUT2D eigenvalue weighted by molar-refractivity contribution is 5.73. The molecule has 1 saturated heterocycles. The molecule has 0 aliphatic carbocycles. The molecule has 1 aliphatic heterocycles. The highest BCUT2D eigenvalue weighted by Crippen LogP contribution is 2.30. The highest BCUT2D eigenvalue weighted by Gasteiger charge is 2.43. The number of carbonyl (C=O) groups is 1. The molecule has 0 spiro atoms. The van der Waals surface area contributed by atoms with Gasteiger partial charge in [0.05, 0.1) is 13.0 Å². The highest BCUT2D eigenvalue weighted by atomic mass is 19.3. The van der Waals surface area contributed by atoms with Crippen LogP contribution < -0.4 is 0 Å². The predicted octanol–water partition coefficient (Wildman–Crippen LogP) is 2.17. The Labute approximate surface area is 111 Å². The maximum absolute atomic E-state index is 13.0. The number of rotatable bonds is 4. The first-order valence-electron chi connectivity index (χ1n) is 6.24. The first-order valence-corrected chi connectivity index (χ1v) is 6.24. The van der Waals surface area contributed by atoms with E-state index in [0.29, 0.717) is 13.1 Å². The summed E-state index contributed by atoms with van der Waals surface area (Å²) in [6.45, 7) is 1.14. The quantitative estimate of drug-likeness (QED) is 0.785. The zero-order valence-electron chi connectivity index (χ0n) is 10.8. The summed E-state index contributed by atoms with van der Waals surface area (Å²) in [5.74, 6) is -2.20. The number of methoxy groups -OCH3 is 1. The molecule has 1 fully saturated rings. The summed E-state index contributed by atoms with van der Waals surface area (Å²) in [7, 11) is 1.24. The Hall–Kier alpha value is -1.49. The van der Waals surface area contributed by atoms with Gasteiger partial charge in [-0.1, -0.05) is 30.3 Å². The minimum absolute atomic E-state index is 0.228. The predicted molar refractivity (Wildman–Crippen MR) is 66.7 cm³/mol. The smallest absolute Gasteiger partial charge is 0.310 e. The van der Waals surface area contributed by atoms with Crippen molar-refractivity contribution in [2.45, 2.75) is 13.0 Å². The van der Waals surface area contributed by atoms with Gasteiger partial charge in [-0.25, -0.2) is 8.78 Å². The Morgan fingerprint density at radius 2 is 2.05 bits per heavy atom. The van der Waals surface area contributed by atoms with E-state index in [1.54, 1.807) is 0 Å². The Morgan fingerprint density at radius 3 is 2.63 bits per heavy atom. The lowest BCUT2D eigenvalue weighted by atomic mass is 9.97. The van der Waals surface area contributed by atoms with E-state index >= 15 is 0 Å². The Morgan fingerprint density at radius 1 is 1.37 bits per heavy atom. The van der Waals surface area contributed by atoms with Crippen LogP contribution in [0.5, 0.6) is 0 Å². The lowest BCUT2D eigenvalue weighted by Gasteiger charge is -2.15. The van der Waals surface area contributed by atoms with Crippen molar-refractivity contribution in [3.63, 3.8) is 0 Å². The number of benzene rings is 1. The molecule has 1 heterocycles. The largest absolute Gasteiger partial charge is 0.469 e. The Bertz CT molecular complexity index is 425. The lowest BCUT2D eigenvalue weighted by Crippen LogP contribution is -2.28. The van der Waals surface area contributed by atoms with Gasteiger partial charge in [-0.05, 0) is 5.56 Å². The molecule has 0 bridgehead atoms. The van der Waals surface area contributed by atoms with Crippen LogP contribution in [0.25, 0.3) is 0 Å². The lowest BCUT2D eigenvalue weighted by molar-refractivity contribution is -0.148. The van der Waals surface area contributed by atoms with Crippen LogP contribution in [-0.4, -0.2) is 37.5 Å². The summed E-state index contributed by atoms with van der Waals surface area (Å²) < 4.78 is 30.5. The zero-order valence-corrected chi connectivity index (χ0v) is 10.8. The average molecular weight is 269 g/mol. The van der Waals surface area contributed by atoms with Gasteiger partial charge >= 0.3 is 5.97 Å². The van der Waals surface area contributed by atoms with Crippen LogP contribution in [-0.2, 0) is 16.1 Å². The van der Waals surface area contributed by atoms with Crippen LogP contribution in [0.2, 0.25) is 0 Å². The second-order valence-electron chi connectivity index (χ2n) is 4.81. The number of esters is 1. The van der Waals surface area contributed by atoms with Gasteiger partial charge in [0.2, 0.25) is 6.43 Å². The molecule has 1 aliphatic rings. The van der Waals surface area contributed by atoms with Crippen LogP contribution in [0.3, 0.4) is 0 Å². The zero-order chi connectivity index (χ0) is 13.8. The molecule has 104 valence electrons. The Kier molecular flexibility index (Phi) is 4.47. The monoisotopic (exact) mass is 269 g/mol. The number of nitrogens with zero attached hydrogens (tertiary/aromatic N) is 1. The molecule has 0 saturated carbocycles. The van der Waals surface area contributed by atoms with Gasteiger partial charge in [0.25, 0.3) is 0 Å². The van der Waals surface area contributed by atoms with Crippen molar-refractivity contribution in [1.82, 2.24) is 4.90 Å². The molecule has 2 unspecified atom stereocenters. The standard InChI is InChI=1S/C14H17F2NO2/c1-19-14(18)12-9-17(8-11(12)13(15)16)7-10-5-3-2-4-6-10/h2-6,11-13H,7-9H2,1H3. The second-order valence-corrected chi connectivity index (χ2v) is 4.81. The molecule has 1 aromatic carbocycles. The summed E-state index contributed by atoms with van der Waals surface area (Å²) in [5.41, 5.74) is 1.06. The van der Waals surface area contributed by atoms with Crippen LogP contribution >= 0.6 is 0 Å². The van der Waals surface area contributed by atoms with Crippen molar-refractivity contribution in [2.75, 3.05) is 20.2 Å². The number of hydrogen-bond acceptors (Lipinski definition) is 3. The van der Waals surface area contributed by atoms with Crippen molar-refractivity contribution < 1.29 is 18.3 Å². The number of alkyl halides is 2. The van der Waals surface area contributed by atoms with E-state index < -0.39 is 24.2 Å². The molecular formula is C14H17F2NO2. The first-order chi connectivity index (χ1) is 9.11. The summed E-state index contributed by atoms with van der Waals surface area (Å²) in [4.78, 5) is 13.4. The van der Waals surface area contributed by atoms with Crippen LogP contribution in [0.15, 0.2) is 30.3 Å². The molecule has 1 aromatic rings. The molecule has 0 radical (unpaired) electrons. The van der Waals surface area contributed by atoms with Gasteiger partial charge in [-0.3, -0.25) is 9.69 Å². The maximum atomic E-state index is 13.0. The van der Waals surface area contributed by atoms with Gasteiger partial charge < -0.3 is 4.74 Å². The van der Waals surface area contributed by atoms with Crippen molar-refractivity contribution in [3.05, 3.63) is 35.9 Å². The fraction of sp³-hybridized carbons (Fsp3) is 0.500. The second kappa shape index (κ2) is 6.10. The normalized spacial score (nSPS) is 23.8. The molecular weight excluding hydrogens is 252 g/mol. The van der Waals surface area contributed by atoms with E-state index in [1.807, 2.05) is 35.2 Å². The van der Waals surface area contributed by atoms with Crippen LogP contribution in [0, 0.1) is 11.8 Å². The average Bonchev–Trinajstić information content (AvgIpc) is 2.83. The third kappa shape index (κ3) is 3.29. The Balaban J connectivity index is 2.03. The van der Waals surface area contributed by atoms with E-state index in [1.165, 1.54) is 7.11 Å². The van der Waals surface area contributed by atoms with Crippen LogP contribution in [0.4, 0.5) is 8.78 Å². The first kappa shape index (κ1) is 13.9.